The Bertz CT molecular complexity index is 1810. The first-order valence-electron chi connectivity index (χ1n) is 14.7. The van der Waals surface area contributed by atoms with E-state index in [1.165, 1.54) is 27.5 Å². The summed E-state index contributed by atoms with van der Waals surface area (Å²) >= 11 is 0. The molecule has 0 bridgehead atoms. The molecule has 2 aromatic heterocycles. The number of rotatable bonds is 11. The third-order valence-corrected chi connectivity index (χ3v) is 8.97. The lowest BCUT2D eigenvalue weighted by atomic mass is 9.96. The zero-order valence-corrected chi connectivity index (χ0v) is 26.7. The van der Waals surface area contributed by atoms with Crippen molar-refractivity contribution in [1.29, 1.82) is 0 Å². The zero-order valence-electron chi connectivity index (χ0n) is 25.9. The van der Waals surface area contributed by atoms with Crippen molar-refractivity contribution in [3.05, 3.63) is 54.4 Å². The lowest BCUT2D eigenvalue weighted by molar-refractivity contribution is 0.0600. The van der Waals surface area contributed by atoms with Crippen LogP contribution in [0.15, 0.2) is 53.7 Å². The van der Waals surface area contributed by atoms with Gasteiger partial charge in [-0.05, 0) is 50.5 Å². The molecule has 2 aromatic carbocycles. The molecule has 2 N–H and O–H groups in total. The maximum absolute atomic E-state index is 13.9. The van der Waals surface area contributed by atoms with Gasteiger partial charge >= 0.3 is 12.0 Å². The Labute approximate surface area is 262 Å². The highest BCUT2D eigenvalue weighted by Crippen LogP contribution is 2.37. The first-order chi connectivity index (χ1) is 21.6. The number of hydrogen-bond donors (Lipinski definition) is 2. The van der Waals surface area contributed by atoms with Crippen LogP contribution in [0.4, 0.5) is 11.4 Å². The highest BCUT2D eigenvalue weighted by Gasteiger charge is 2.27. The van der Waals surface area contributed by atoms with Crippen LogP contribution in [0.1, 0.15) is 56.3 Å². The molecule has 1 aliphatic rings. The van der Waals surface area contributed by atoms with Crippen molar-refractivity contribution in [3.63, 3.8) is 0 Å². The standard InChI is InChI=1S/C32H37N5O7S/c1-19(2)44-24-14-21(31(38)42-4)13-23(16-24)35-29-25-12-11-20(26-17-34-32(43-5)36-30(26)41-3)15-27(25)33-18-28(29)45(39,40)37-22-9-7-6-8-10-22/h11-19,22,37H,6-10H2,1-5H3,(H,33,35). The van der Waals surface area contributed by atoms with E-state index in [1.807, 2.05) is 19.9 Å². The van der Waals surface area contributed by atoms with Crippen LogP contribution < -0.4 is 24.2 Å². The number of carbonyl (C=O) groups excluding carboxylic acids is 1. The van der Waals surface area contributed by atoms with Crippen LogP contribution in [0.5, 0.6) is 17.6 Å². The van der Waals surface area contributed by atoms with Gasteiger partial charge in [0.2, 0.25) is 15.9 Å². The molecule has 2 heterocycles. The number of aromatic nitrogens is 3. The van der Waals surface area contributed by atoms with E-state index in [-0.39, 0.29) is 28.6 Å². The predicted octanol–water partition coefficient (Wildman–Crippen LogP) is 5.64. The van der Waals surface area contributed by atoms with Crippen molar-refractivity contribution in [2.24, 2.45) is 0 Å². The largest absolute Gasteiger partial charge is 0.491 e. The molecular weight excluding hydrogens is 598 g/mol. The van der Waals surface area contributed by atoms with E-state index in [4.69, 9.17) is 18.9 Å². The highest BCUT2D eigenvalue weighted by molar-refractivity contribution is 7.89. The van der Waals surface area contributed by atoms with Crippen LogP contribution in [-0.2, 0) is 14.8 Å². The predicted molar refractivity (Wildman–Crippen MR) is 170 cm³/mol. The van der Waals surface area contributed by atoms with E-state index >= 15 is 0 Å². The van der Waals surface area contributed by atoms with Gasteiger partial charge in [-0.1, -0.05) is 31.4 Å². The number of fused-ring (bicyclic) bond motifs is 1. The molecule has 1 aliphatic carbocycles. The first kappa shape index (κ1) is 31.9. The zero-order chi connectivity index (χ0) is 32.1. The van der Waals surface area contributed by atoms with Gasteiger partial charge < -0.3 is 24.3 Å². The van der Waals surface area contributed by atoms with E-state index in [0.29, 0.717) is 45.0 Å². The van der Waals surface area contributed by atoms with Gasteiger partial charge in [0.15, 0.2) is 0 Å². The number of benzene rings is 2. The van der Waals surface area contributed by atoms with Crippen molar-refractivity contribution in [1.82, 2.24) is 19.7 Å². The molecule has 4 aromatic rings. The molecule has 0 saturated heterocycles. The van der Waals surface area contributed by atoms with Crippen molar-refractivity contribution in [3.8, 4) is 28.8 Å². The molecule has 45 heavy (non-hydrogen) atoms. The van der Waals surface area contributed by atoms with Crippen LogP contribution in [-0.4, -0.2) is 62.8 Å². The molecule has 5 rings (SSSR count). The molecule has 13 heteroatoms. The van der Waals surface area contributed by atoms with Gasteiger partial charge in [-0.15, -0.1) is 0 Å². The second kappa shape index (κ2) is 13.7. The summed E-state index contributed by atoms with van der Waals surface area (Å²) in [5.41, 5.74) is 2.79. The third kappa shape index (κ3) is 7.26. The number of esters is 1. The normalized spacial score (nSPS) is 13.9. The van der Waals surface area contributed by atoms with Crippen molar-refractivity contribution in [2.45, 2.75) is 63.0 Å². The average Bonchev–Trinajstić information content (AvgIpc) is 3.03. The molecular formula is C32H37N5O7S. The summed E-state index contributed by atoms with van der Waals surface area (Å²) in [6.07, 6.45) is 7.34. The van der Waals surface area contributed by atoms with Gasteiger partial charge in [0.05, 0.1) is 49.8 Å². The van der Waals surface area contributed by atoms with Crippen LogP contribution in [0.25, 0.3) is 22.0 Å². The number of anilines is 2. The first-order valence-corrected chi connectivity index (χ1v) is 16.2. The van der Waals surface area contributed by atoms with Gasteiger partial charge in [0.25, 0.3) is 0 Å². The molecule has 0 amide bonds. The number of nitrogens with one attached hydrogen (secondary N) is 2. The molecule has 12 nitrogen and oxygen atoms in total. The molecule has 0 spiro atoms. The third-order valence-electron chi connectivity index (χ3n) is 7.44. The Hall–Kier alpha value is -4.49. The van der Waals surface area contributed by atoms with Gasteiger partial charge in [0.1, 0.15) is 10.6 Å². The maximum Gasteiger partial charge on any atom is 0.338 e. The molecule has 0 radical (unpaired) electrons. The average molecular weight is 636 g/mol. The highest BCUT2D eigenvalue weighted by atomic mass is 32.2. The summed E-state index contributed by atoms with van der Waals surface area (Å²) in [6, 6.07) is 10.3. The smallest absolute Gasteiger partial charge is 0.338 e. The fourth-order valence-corrected chi connectivity index (χ4v) is 6.80. The quantitative estimate of drug-likeness (QED) is 0.197. The number of sulfonamides is 1. The molecule has 1 fully saturated rings. The Balaban J connectivity index is 1.65. The number of carbonyl (C=O) groups is 1. The summed E-state index contributed by atoms with van der Waals surface area (Å²) in [7, 11) is 0.272. The van der Waals surface area contributed by atoms with E-state index in [2.05, 4.69) is 25.0 Å². The summed E-state index contributed by atoms with van der Waals surface area (Å²) in [6.45, 7) is 3.74. The lowest BCUT2D eigenvalue weighted by Crippen LogP contribution is -2.36. The van der Waals surface area contributed by atoms with E-state index in [1.54, 1.807) is 36.5 Å². The monoisotopic (exact) mass is 635 g/mol. The van der Waals surface area contributed by atoms with Crippen molar-refractivity contribution >= 4 is 38.3 Å². The summed E-state index contributed by atoms with van der Waals surface area (Å²) in [5, 5.41) is 3.81. The fraction of sp³-hybridized carbons (Fsp3) is 0.375. The SMILES string of the molecule is COC(=O)c1cc(Nc2c(S(=O)(=O)NC3CCCCC3)cnc3cc(-c4cnc(OC)nc4OC)ccc23)cc(OC(C)C)c1. The van der Waals surface area contributed by atoms with Crippen molar-refractivity contribution < 1.29 is 32.2 Å². The Kier molecular flexibility index (Phi) is 9.68. The van der Waals surface area contributed by atoms with Crippen LogP contribution >= 0.6 is 0 Å². The van der Waals surface area contributed by atoms with E-state index in [0.717, 1.165) is 32.1 Å². The van der Waals surface area contributed by atoms with Crippen molar-refractivity contribution in [2.75, 3.05) is 26.6 Å². The minimum Gasteiger partial charge on any atom is -0.491 e. The molecule has 0 unspecified atom stereocenters. The Morgan fingerprint density at radius 2 is 1.73 bits per heavy atom. The van der Waals surface area contributed by atoms with Crippen LogP contribution in [0.2, 0.25) is 0 Å². The molecule has 0 aliphatic heterocycles. The van der Waals surface area contributed by atoms with Gasteiger partial charge in [-0.3, -0.25) is 4.98 Å². The minimum atomic E-state index is -3.99. The van der Waals surface area contributed by atoms with Crippen LogP contribution in [0.3, 0.4) is 0 Å². The Morgan fingerprint density at radius 1 is 0.956 bits per heavy atom. The number of pyridine rings is 1. The Morgan fingerprint density at radius 3 is 2.42 bits per heavy atom. The van der Waals surface area contributed by atoms with Crippen LogP contribution in [0, 0.1) is 0 Å². The minimum absolute atomic E-state index is 0.0199. The summed E-state index contributed by atoms with van der Waals surface area (Å²) < 4.78 is 52.1. The molecule has 0 atom stereocenters. The molecule has 1 saturated carbocycles. The van der Waals surface area contributed by atoms with Gasteiger partial charge in [-0.2, -0.15) is 4.98 Å². The number of methoxy groups -OCH3 is 3. The summed E-state index contributed by atoms with van der Waals surface area (Å²) in [4.78, 5) is 25.6. The summed E-state index contributed by atoms with van der Waals surface area (Å²) in [5.74, 6) is 0.180. The maximum atomic E-state index is 13.9. The molecule has 238 valence electrons. The fourth-order valence-electron chi connectivity index (χ4n) is 5.37. The van der Waals surface area contributed by atoms with Gasteiger partial charge in [-0.25, -0.2) is 22.9 Å². The second-order valence-electron chi connectivity index (χ2n) is 11.0. The second-order valence-corrected chi connectivity index (χ2v) is 12.7. The lowest BCUT2D eigenvalue weighted by Gasteiger charge is -2.24. The topological polar surface area (TPSA) is 151 Å². The van der Waals surface area contributed by atoms with Gasteiger partial charge in [0, 0.05) is 35.6 Å². The number of hydrogen-bond acceptors (Lipinski definition) is 11. The number of nitrogens with zero attached hydrogens (tertiary/aromatic N) is 3. The van der Waals surface area contributed by atoms with E-state index < -0.39 is 16.0 Å². The van der Waals surface area contributed by atoms with E-state index in [9.17, 15) is 13.2 Å². The number of ether oxygens (including phenoxy) is 4.